The molecular weight excluding hydrogens is 154 g/mol. The number of aliphatic hydroxyl groups is 1. The number of rotatable bonds is 3. The van der Waals surface area contributed by atoms with Crippen LogP contribution >= 0.6 is 0 Å². The van der Waals surface area contributed by atoms with E-state index in [0.29, 0.717) is 6.54 Å². The summed E-state index contributed by atoms with van der Waals surface area (Å²) in [6, 6.07) is 0. The Hall–Kier alpha value is -1.00. The molecule has 1 aromatic heterocycles. The second kappa shape index (κ2) is 3.60. The van der Waals surface area contributed by atoms with E-state index in [9.17, 15) is 0 Å². The van der Waals surface area contributed by atoms with Crippen LogP contribution in [-0.4, -0.2) is 28.2 Å². The summed E-state index contributed by atoms with van der Waals surface area (Å²) in [4.78, 5) is 7.74. The minimum Gasteiger partial charge on any atom is -0.395 e. The van der Waals surface area contributed by atoms with E-state index in [1.807, 2.05) is 6.92 Å². The summed E-state index contributed by atoms with van der Waals surface area (Å²) >= 11 is 0. The molecule has 0 spiro atoms. The van der Waals surface area contributed by atoms with Crippen LogP contribution in [0.3, 0.4) is 0 Å². The van der Waals surface area contributed by atoms with Crippen molar-refractivity contribution < 1.29 is 5.11 Å². The van der Waals surface area contributed by atoms with E-state index < -0.39 is 5.41 Å². The van der Waals surface area contributed by atoms with Crippen LogP contribution in [-0.2, 0) is 5.41 Å². The molecule has 4 nitrogen and oxygen atoms in total. The molecule has 0 aliphatic rings. The Bertz CT molecular complexity index is 233. The summed E-state index contributed by atoms with van der Waals surface area (Å²) in [5, 5.41) is 9.10. The molecule has 1 aromatic rings. The van der Waals surface area contributed by atoms with Crippen LogP contribution in [0.5, 0.6) is 0 Å². The molecule has 1 atom stereocenters. The molecule has 0 saturated carbocycles. The maximum absolute atomic E-state index is 9.10. The van der Waals surface area contributed by atoms with Gasteiger partial charge in [0.1, 0.15) is 6.33 Å². The lowest BCUT2D eigenvalue weighted by atomic mass is 9.85. The van der Waals surface area contributed by atoms with Crippen LogP contribution in [0.15, 0.2) is 18.7 Å². The minimum absolute atomic E-state index is 0.0108. The molecular formula is C8H13N3O. The highest BCUT2D eigenvalue weighted by molar-refractivity contribution is 5.17. The molecule has 1 rings (SSSR count). The fourth-order valence-electron chi connectivity index (χ4n) is 0.884. The zero-order valence-corrected chi connectivity index (χ0v) is 7.07. The van der Waals surface area contributed by atoms with Crippen LogP contribution in [0.1, 0.15) is 12.5 Å². The van der Waals surface area contributed by atoms with Gasteiger partial charge in [0.25, 0.3) is 0 Å². The van der Waals surface area contributed by atoms with E-state index in [2.05, 4.69) is 9.97 Å². The average Bonchev–Trinajstić information content (AvgIpc) is 2.18. The van der Waals surface area contributed by atoms with Crippen LogP contribution < -0.4 is 5.73 Å². The van der Waals surface area contributed by atoms with Crippen molar-refractivity contribution in [1.29, 1.82) is 0 Å². The molecule has 0 fully saturated rings. The summed E-state index contributed by atoms with van der Waals surface area (Å²) in [7, 11) is 0. The Balaban J connectivity index is 2.95. The molecule has 4 heteroatoms. The van der Waals surface area contributed by atoms with Gasteiger partial charge in [0.05, 0.1) is 6.61 Å². The first kappa shape index (κ1) is 9.09. The summed E-state index contributed by atoms with van der Waals surface area (Å²) < 4.78 is 0. The summed E-state index contributed by atoms with van der Waals surface area (Å²) in [6.45, 7) is 2.28. The molecule has 0 aliphatic carbocycles. The zero-order chi connectivity index (χ0) is 9.03. The first-order valence-corrected chi connectivity index (χ1v) is 3.79. The highest BCUT2D eigenvalue weighted by atomic mass is 16.3. The first-order chi connectivity index (χ1) is 5.73. The van der Waals surface area contributed by atoms with Crippen molar-refractivity contribution in [2.24, 2.45) is 5.73 Å². The van der Waals surface area contributed by atoms with Gasteiger partial charge in [-0.15, -0.1) is 0 Å². The summed E-state index contributed by atoms with van der Waals surface area (Å²) in [6.07, 6.45) is 4.81. The van der Waals surface area contributed by atoms with E-state index in [4.69, 9.17) is 10.8 Å². The monoisotopic (exact) mass is 167 g/mol. The standard InChI is InChI=1S/C8H13N3O/c1-8(4-9,5-12)7-2-10-6-11-3-7/h2-3,6,12H,4-5,9H2,1H3. The maximum Gasteiger partial charge on any atom is 0.115 e. The SMILES string of the molecule is CC(CN)(CO)c1cncnc1. The number of nitrogens with two attached hydrogens (primary N) is 1. The highest BCUT2D eigenvalue weighted by Crippen LogP contribution is 2.19. The third-order valence-electron chi connectivity index (χ3n) is 2.06. The lowest BCUT2D eigenvalue weighted by molar-refractivity contribution is 0.209. The molecule has 0 radical (unpaired) electrons. The van der Waals surface area contributed by atoms with E-state index in [1.54, 1.807) is 12.4 Å². The van der Waals surface area contributed by atoms with Crippen molar-refractivity contribution in [2.75, 3.05) is 13.2 Å². The highest BCUT2D eigenvalue weighted by Gasteiger charge is 2.24. The van der Waals surface area contributed by atoms with Gasteiger partial charge in [-0.1, -0.05) is 6.92 Å². The fraction of sp³-hybridized carbons (Fsp3) is 0.500. The van der Waals surface area contributed by atoms with Gasteiger partial charge in [0.15, 0.2) is 0 Å². The van der Waals surface area contributed by atoms with E-state index in [-0.39, 0.29) is 6.61 Å². The Morgan fingerprint density at radius 1 is 1.50 bits per heavy atom. The molecule has 1 heterocycles. The van der Waals surface area contributed by atoms with Gasteiger partial charge in [0, 0.05) is 24.4 Å². The molecule has 0 bridgehead atoms. The van der Waals surface area contributed by atoms with Gasteiger partial charge < -0.3 is 10.8 Å². The van der Waals surface area contributed by atoms with Crippen molar-refractivity contribution >= 4 is 0 Å². The second-order valence-corrected chi connectivity index (χ2v) is 3.05. The van der Waals surface area contributed by atoms with Crippen LogP contribution in [0, 0.1) is 0 Å². The Kier molecular flexibility index (Phi) is 2.73. The predicted octanol–water partition coefficient (Wildman–Crippen LogP) is -0.315. The van der Waals surface area contributed by atoms with Gasteiger partial charge in [-0.2, -0.15) is 0 Å². The second-order valence-electron chi connectivity index (χ2n) is 3.05. The Morgan fingerprint density at radius 3 is 2.50 bits per heavy atom. The molecule has 0 aromatic carbocycles. The van der Waals surface area contributed by atoms with Crippen molar-refractivity contribution in [1.82, 2.24) is 9.97 Å². The molecule has 12 heavy (non-hydrogen) atoms. The molecule has 0 amide bonds. The minimum atomic E-state index is -0.415. The predicted molar refractivity (Wildman–Crippen MR) is 45.5 cm³/mol. The summed E-state index contributed by atoms with van der Waals surface area (Å²) in [5.74, 6) is 0. The smallest absolute Gasteiger partial charge is 0.115 e. The van der Waals surface area contributed by atoms with Gasteiger partial charge in [0.2, 0.25) is 0 Å². The molecule has 0 aliphatic heterocycles. The van der Waals surface area contributed by atoms with Crippen molar-refractivity contribution in [3.63, 3.8) is 0 Å². The fourth-order valence-corrected chi connectivity index (χ4v) is 0.884. The average molecular weight is 167 g/mol. The number of nitrogens with zero attached hydrogens (tertiary/aromatic N) is 2. The van der Waals surface area contributed by atoms with Gasteiger partial charge in [-0.3, -0.25) is 0 Å². The van der Waals surface area contributed by atoms with E-state index >= 15 is 0 Å². The number of hydrogen-bond acceptors (Lipinski definition) is 4. The normalized spacial score (nSPS) is 15.6. The van der Waals surface area contributed by atoms with Gasteiger partial charge >= 0.3 is 0 Å². The Labute approximate surface area is 71.5 Å². The lowest BCUT2D eigenvalue weighted by Gasteiger charge is -2.24. The third kappa shape index (κ3) is 1.60. The number of aromatic nitrogens is 2. The molecule has 0 saturated heterocycles. The van der Waals surface area contributed by atoms with Gasteiger partial charge in [-0.25, -0.2) is 9.97 Å². The van der Waals surface area contributed by atoms with Crippen LogP contribution in [0.2, 0.25) is 0 Å². The largest absolute Gasteiger partial charge is 0.395 e. The maximum atomic E-state index is 9.10. The van der Waals surface area contributed by atoms with Crippen molar-refractivity contribution in [2.45, 2.75) is 12.3 Å². The topological polar surface area (TPSA) is 72.0 Å². The Morgan fingerprint density at radius 2 is 2.08 bits per heavy atom. The number of aliphatic hydroxyl groups excluding tert-OH is 1. The van der Waals surface area contributed by atoms with Crippen molar-refractivity contribution in [3.8, 4) is 0 Å². The van der Waals surface area contributed by atoms with Crippen LogP contribution in [0.4, 0.5) is 0 Å². The summed E-state index contributed by atoms with van der Waals surface area (Å²) in [5.41, 5.74) is 5.99. The molecule has 66 valence electrons. The van der Waals surface area contributed by atoms with Crippen LogP contribution in [0.25, 0.3) is 0 Å². The zero-order valence-electron chi connectivity index (χ0n) is 7.07. The van der Waals surface area contributed by atoms with E-state index in [0.717, 1.165) is 5.56 Å². The quantitative estimate of drug-likeness (QED) is 0.647. The lowest BCUT2D eigenvalue weighted by Crippen LogP contribution is -2.35. The third-order valence-corrected chi connectivity index (χ3v) is 2.06. The number of hydrogen-bond donors (Lipinski definition) is 2. The molecule has 3 N–H and O–H groups in total. The van der Waals surface area contributed by atoms with Gasteiger partial charge in [-0.05, 0) is 5.56 Å². The molecule has 1 unspecified atom stereocenters. The van der Waals surface area contributed by atoms with E-state index in [1.165, 1.54) is 6.33 Å². The van der Waals surface area contributed by atoms with Crippen molar-refractivity contribution in [3.05, 3.63) is 24.3 Å². The first-order valence-electron chi connectivity index (χ1n) is 3.79.